The van der Waals surface area contributed by atoms with Crippen molar-refractivity contribution in [1.29, 1.82) is 0 Å². The van der Waals surface area contributed by atoms with Crippen molar-refractivity contribution in [2.24, 2.45) is 0 Å². The summed E-state index contributed by atoms with van der Waals surface area (Å²) in [5.74, 6) is 3.09. The molecule has 1 atom stereocenters. The van der Waals surface area contributed by atoms with Crippen LogP contribution in [0.1, 0.15) is 30.2 Å². The number of furan rings is 1. The van der Waals surface area contributed by atoms with E-state index in [1.54, 1.807) is 14.0 Å². The summed E-state index contributed by atoms with van der Waals surface area (Å²) in [6.07, 6.45) is 1.43. The molecule has 3 heterocycles. The molecule has 1 aliphatic heterocycles. The van der Waals surface area contributed by atoms with Crippen LogP contribution < -0.4 is 9.47 Å². The maximum absolute atomic E-state index is 10.6. The Hall–Kier alpha value is -3.07. The van der Waals surface area contributed by atoms with E-state index in [4.69, 9.17) is 29.9 Å². The number of aryl methyl sites for hydroxylation is 1. The van der Waals surface area contributed by atoms with Gasteiger partial charge in [0, 0.05) is 19.5 Å². The lowest BCUT2D eigenvalue weighted by molar-refractivity contribution is 0.0599. The fourth-order valence-electron chi connectivity index (χ4n) is 4.58. The SMILES string of the molecule is COc1cc(C2CCN(CC(O)COc3cccc4oc(-c5nnc(C)o5)cc34)CC2)ccc1Cl. The molecule has 1 unspecified atom stereocenters. The Bertz CT molecular complexity index is 1300. The van der Waals surface area contributed by atoms with Crippen LogP contribution in [0.25, 0.3) is 22.6 Å². The van der Waals surface area contributed by atoms with Crippen LogP contribution in [0, 0.1) is 6.92 Å². The fraction of sp³-hybridized carbons (Fsp3) is 0.385. The average Bonchev–Trinajstić information content (AvgIpc) is 3.50. The van der Waals surface area contributed by atoms with Gasteiger partial charge >= 0.3 is 0 Å². The van der Waals surface area contributed by atoms with Gasteiger partial charge in [0.15, 0.2) is 5.76 Å². The summed E-state index contributed by atoms with van der Waals surface area (Å²) in [6.45, 7) is 4.30. The van der Waals surface area contributed by atoms with Crippen molar-refractivity contribution < 1.29 is 23.4 Å². The first-order chi connectivity index (χ1) is 17.0. The van der Waals surface area contributed by atoms with Crippen molar-refractivity contribution in [3.8, 4) is 23.1 Å². The molecular formula is C26H28ClN3O5. The molecule has 0 amide bonds. The lowest BCUT2D eigenvalue weighted by Gasteiger charge is -2.33. The number of ether oxygens (including phenoxy) is 2. The molecular weight excluding hydrogens is 470 g/mol. The molecule has 0 saturated carbocycles. The zero-order valence-corrected chi connectivity index (χ0v) is 20.5. The molecule has 4 aromatic rings. The highest BCUT2D eigenvalue weighted by molar-refractivity contribution is 6.32. The number of likely N-dealkylation sites (tertiary alicyclic amines) is 1. The van der Waals surface area contributed by atoms with E-state index < -0.39 is 6.10 Å². The van der Waals surface area contributed by atoms with Gasteiger partial charge < -0.3 is 28.3 Å². The predicted octanol–water partition coefficient (Wildman–Crippen LogP) is 5.07. The Kier molecular flexibility index (Phi) is 6.95. The summed E-state index contributed by atoms with van der Waals surface area (Å²) < 4.78 is 22.6. The van der Waals surface area contributed by atoms with Gasteiger partial charge in [0.25, 0.3) is 5.89 Å². The first kappa shape index (κ1) is 23.7. The zero-order chi connectivity index (χ0) is 24.4. The van der Waals surface area contributed by atoms with Gasteiger partial charge in [-0.15, -0.1) is 10.2 Å². The minimum absolute atomic E-state index is 0.188. The minimum Gasteiger partial charge on any atom is -0.495 e. The maximum atomic E-state index is 10.6. The molecule has 0 aliphatic carbocycles. The van der Waals surface area contributed by atoms with Crippen molar-refractivity contribution >= 4 is 22.6 Å². The number of hydrogen-bond acceptors (Lipinski definition) is 8. The van der Waals surface area contributed by atoms with E-state index in [2.05, 4.69) is 21.2 Å². The molecule has 8 nitrogen and oxygen atoms in total. The number of nitrogens with zero attached hydrogens (tertiary/aromatic N) is 3. The number of aliphatic hydroxyl groups excluding tert-OH is 1. The molecule has 1 fully saturated rings. The molecule has 184 valence electrons. The van der Waals surface area contributed by atoms with Crippen molar-refractivity contribution in [3.63, 3.8) is 0 Å². The van der Waals surface area contributed by atoms with Gasteiger partial charge in [-0.1, -0.05) is 23.7 Å². The van der Waals surface area contributed by atoms with Crippen LogP contribution in [0.5, 0.6) is 11.5 Å². The van der Waals surface area contributed by atoms with E-state index in [-0.39, 0.29) is 6.61 Å². The number of β-amino-alcohol motifs (C(OH)–C–C–N with tert-alkyl or cyclic N) is 1. The lowest BCUT2D eigenvalue weighted by Crippen LogP contribution is -2.40. The largest absolute Gasteiger partial charge is 0.495 e. The number of benzene rings is 2. The summed E-state index contributed by atoms with van der Waals surface area (Å²) in [5, 5.41) is 19.9. The lowest BCUT2D eigenvalue weighted by atomic mass is 9.89. The topological polar surface area (TPSA) is 94.0 Å². The predicted molar refractivity (Wildman–Crippen MR) is 132 cm³/mol. The van der Waals surface area contributed by atoms with Gasteiger partial charge in [-0.05, 0) is 61.7 Å². The van der Waals surface area contributed by atoms with Crippen molar-refractivity contribution in [1.82, 2.24) is 15.1 Å². The Morgan fingerprint density at radius 3 is 2.69 bits per heavy atom. The second-order valence-corrected chi connectivity index (χ2v) is 9.25. The van der Waals surface area contributed by atoms with Crippen molar-refractivity contribution in [2.45, 2.75) is 31.8 Å². The smallest absolute Gasteiger partial charge is 0.283 e. The highest BCUT2D eigenvalue weighted by atomic mass is 35.5. The van der Waals surface area contributed by atoms with Gasteiger partial charge in [-0.3, -0.25) is 0 Å². The monoisotopic (exact) mass is 497 g/mol. The fourth-order valence-corrected chi connectivity index (χ4v) is 4.77. The third-order valence-electron chi connectivity index (χ3n) is 6.39. The number of methoxy groups -OCH3 is 1. The third kappa shape index (κ3) is 5.29. The summed E-state index contributed by atoms with van der Waals surface area (Å²) >= 11 is 6.16. The van der Waals surface area contributed by atoms with E-state index >= 15 is 0 Å². The van der Waals surface area contributed by atoms with Crippen LogP contribution in [0.2, 0.25) is 5.02 Å². The minimum atomic E-state index is -0.609. The van der Waals surface area contributed by atoms with Crippen molar-refractivity contribution in [3.05, 3.63) is 58.9 Å². The van der Waals surface area contributed by atoms with Crippen LogP contribution in [-0.2, 0) is 0 Å². The van der Waals surface area contributed by atoms with Gasteiger partial charge in [0.05, 0.1) is 17.5 Å². The number of fused-ring (bicyclic) bond motifs is 1. The number of hydrogen-bond donors (Lipinski definition) is 1. The van der Waals surface area contributed by atoms with E-state index in [1.165, 1.54) is 5.56 Å². The maximum Gasteiger partial charge on any atom is 0.283 e. The standard InChI is InChI=1S/C26H28ClN3O5/c1-16-28-29-26(34-16)25-13-20-22(4-3-5-23(20)35-25)33-15-19(31)14-30-10-8-17(9-11-30)18-6-7-21(27)24(12-18)32-2/h3-7,12-13,17,19,31H,8-11,14-15H2,1-2H3. The molecule has 0 radical (unpaired) electrons. The first-order valence-electron chi connectivity index (χ1n) is 11.7. The highest BCUT2D eigenvalue weighted by Crippen LogP contribution is 2.34. The second-order valence-electron chi connectivity index (χ2n) is 8.84. The quantitative estimate of drug-likeness (QED) is 0.360. The van der Waals surface area contributed by atoms with Gasteiger partial charge in [-0.25, -0.2) is 0 Å². The van der Waals surface area contributed by atoms with E-state index in [9.17, 15) is 5.11 Å². The summed E-state index contributed by atoms with van der Waals surface area (Å²) in [7, 11) is 1.64. The number of aliphatic hydroxyl groups is 1. The number of rotatable bonds is 8. The molecule has 0 bridgehead atoms. The van der Waals surface area contributed by atoms with E-state index in [0.717, 1.165) is 31.3 Å². The molecule has 1 N–H and O–H groups in total. The molecule has 2 aromatic carbocycles. The average molecular weight is 498 g/mol. The normalized spacial score (nSPS) is 16.0. The van der Waals surface area contributed by atoms with Crippen LogP contribution in [0.3, 0.4) is 0 Å². The molecule has 35 heavy (non-hydrogen) atoms. The first-order valence-corrected chi connectivity index (χ1v) is 12.1. The van der Waals surface area contributed by atoms with Crippen LogP contribution in [0.15, 0.2) is 51.3 Å². The molecule has 5 rings (SSSR count). The highest BCUT2D eigenvalue weighted by Gasteiger charge is 2.23. The number of aromatic nitrogens is 2. The molecule has 2 aromatic heterocycles. The van der Waals surface area contributed by atoms with Crippen molar-refractivity contribution in [2.75, 3.05) is 33.4 Å². The Morgan fingerprint density at radius 1 is 1.11 bits per heavy atom. The Labute approximate surface area is 208 Å². The van der Waals surface area contributed by atoms with Gasteiger partial charge in [0.1, 0.15) is 29.8 Å². The Morgan fingerprint density at radius 2 is 1.94 bits per heavy atom. The van der Waals surface area contributed by atoms with Crippen LogP contribution in [0.4, 0.5) is 0 Å². The summed E-state index contributed by atoms with van der Waals surface area (Å²) in [6, 6.07) is 13.4. The number of halogens is 1. The summed E-state index contributed by atoms with van der Waals surface area (Å²) in [5.41, 5.74) is 1.90. The zero-order valence-electron chi connectivity index (χ0n) is 19.7. The second kappa shape index (κ2) is 10.3. The molecule has 1 aliphatic rings. The number of piperidine rings is 1. The molecule has 9 heteroatoms. The molecule has 1 saturated heterocycles. The van der Waals surface area contributed by atoms with Gasteiger partial charge in [-0.2, -0.15) is 0 Å². The molecule has 0 spiro atoms. The van der Waals surface area contributed by atoms with Crippen LogP contribution >= 0.6 is 11.6 Å². The van der Waals surface area contributed by atoms with Gasteiger partial charge in [0.2, 0.25) is 5.89 Å². The van der Waals surface area contributed by atoms with E-state index in [0.29, 0.717) is 52.1 Å². The third-order valence-corrected chi connectivity index (χ3v) is 6.70. The van der Waals surface area contributed by atoms with Crippen LogP contribution in [-0.4, -0.2) is 59.7 Å². The Balaban J connectivity index is 1.15. The van der Waals surface area contributed by atoms with E-state index in [1.807, 2.05) is 36.4 Å². The summed E-state index contributed by atoms with van der Waals surface area (Å²) in [4.78, 5) is 2.28.